The van der Waals surface area contributed by atoms with Crippen LogP contribution in [0.4, 0.5) is 15.9 Å². The molecule has 0 saturated carbocycles. The van der Waals surface area contributed by atoms with Crippen LogP contribution in [-0.2, 0) is 11.3 Å². The van der Waals surface area contributed by atoms with Crippen molar-refractivity contribution in [3.8, 4) is 0 Å². The van der Waals surface area contributed by atoms with E-state index in [1.54, 1.807) is 13.1 Å². The van der Waals surface area contributed by atoms with Crippen molar-refractivity contribution in [2.24, 2.45) is 5.73 Å². The van der Waals surface area contributed by atoms with E-state index in [2.05, 4.69) is 20.1 Å². The first kappa shape index (κ1) is 27.2. The summed E-state index contributed by atoms with van der Waals surface area (Å²) >= 11 is 0. The summed E-state index contributed by atoms with van der Waals surface area (Å²) < 4.78 is 13.1. The van der Waals surface area contributed by atoms with Crippen molar-refractivity contribution in [2.75, 3.05) is 36.0 Å². The number of carbonyl (C=O) groups excluding carboxylic acids is 1. The number of hydrogen-bond acceptors (Lipinski definition) is 5. The molecule has 1 aromatic carbocycles. The fraction of sp³-hybridized carbons (Fsp3) is 0.368. The van der Waals surface area contributed by atoms with E-state index < -0.39 is 6.04 Å². The molecule has 162 valence electrons. The number of rotatable bonds is 5. The number of nitrogens with two attached hydrogens (primary N) is 1. The minimum atomic E-state index is -0.518. The Morgan fingerprint density at radius 2 is 1.69 bits per heavy atom. The Kier molecular flexibility index (Phi) is 11.9. The summed E-state index contributed by atoms with van der Waals surface area (Å²) in [5, 5.41) is 2.81. The van der Waals surface area contributed by atoms with Gasteiger partial charge in [0.15, 0.2) is 0 Å². The number of nitrogens with one attached hydrogen (secondary N) is 1. The molecule has 1 aliphatic heterocycles. The van der Waals surface area contributed by atoms with Gasteiger partial charge >= 0.3 is 0 Å². The van der Waals surface area contributed by atoms with E-state index >= 15 is 0 Å². The highest BCUT2D eigenvalue weighted by Gasteiger charge is 2.18. The van der Waals surface area contributed by atoms with Crippen molar-refractivity contribution in [1.29, 1.82) is 0 Å². The smallest absolute Gasteiger partial charge is 0.236 e. The van der Waals surface area contributed by atoms with Crippen molar-refractivity contribution in [2.45, 2.75) is 19.5 Å². The molecule has 10 heteroatoms. The van der Waals surface area contributed by atoms with Crippen LogP contribution >= 0.6 is 37.2 Å². The first-order chi connectivity index (χ1) is 12.5. The van der Waals surface area contributed by atoms with Gasteiger partial charge in [-0.05, 0) is 48.9 Å². The first-order valence-electron chi connectivity index (χ1n) is 8.76. The molecule has 3 rings (SSSR count). The molecule has 0 aliphatic carbocycles. The molecule has 1 aromatic heterocycles. The van der Waals surface area contributed by atoms with Crippen LogP contribution in [0.2, 0.25) is 0 Å². The largest absolute Gasteiger partial charge is 0.368 e. The maximum atomic E-state index is 13.1. The second kappa shape index (κ2) is 12.7. The summed E-state index contributed by atoms with van der Waals surface area (Å²) in [5.74, 6) is 0.511. The zero-order chi connectivity index (χ0) is 18.5. The SMILES string of the molecule is C[C@@H](N)C(=O)NCc1ccnc(N2CCN(c3ccc(F)cc3)CC2)c1.Cl.Cl.Cl. The van der Waals surface area contributed by atoms with Gasteiger partial charge in [-0.25, -0.2) is 9.37 Å². The van der Waals surface area contributed by atoms with Crippen LogP contribution in [0.3, 0.4) is 0 Å². The van der Waals surface area contributed by atoms with Crippen molar-refractivity contribution in [3.63, 3.8) is 0 Å². The molecule has 1 fully saturated rings. The quantitative estimate of drug-likeness (QED) is 0.709. The third-order valence-corrected chi connectivity index (χ3v) is 4.49. The van der Waals surface area contributed by atoms with Crippen LogP contribution in [0.5, 0.6) is 0 Å². The van der Waals surface area contributed by atoms with Gasteiger partial charge in [-0.2, -0.15) is 0 Å². The van der Waals surface area contributed by atoms with Crippen molar-refractivity contribution < 1.29 is 9.18 Å². The normalized spacial score (nSPS) is 14.0. The van der Waals surface area contributed by atoms with Gasteiger partial charge in [-0.1, -0.05) is 0 Å². The second-order valence-electron chi connectivity index (χ2n) is 6.48. The van der Waals surface area contributed by atoms with Gasteiger partial charge in [0.2, 0.25) is 5.91 Å². The maximum Gasteiger partial charge on any atom is 0.236 e. The minimum absolute atomic E-state index is 0. The monoisotopic (exact) mass is 465 g/mol. The average Bonchev–Trinajstić information content (AvgIpc) is 2.67. The van der Waals surface area contributed by atoms with E-state index in [4.69, 9.17) is 5.73 Å². The Bertz CT molecular complexity index is 756. The van der Waals surface area contributed by atoms with E-state index in [-0.39, 0.29) is 48.9 Å². The minimum Gasteiger partial charge on any atom is -0.368 e. The molecule has 1 aliphatic rings. The molecule has 0 spiro atoms. The van der Waals surface area contributed by atoms with Crippen LogP contribution in [0, 0.1) is 5.82 Å². The fourth-order valence-corrected chi connectivity index (χ4v) is 2.94. The number of aromatic nitrogens is 1. The summed E-state index contributed by atoms with van der Waals surface area (Å²) in [6.45, 7) is 5.46. The Hall–Kier alpha value is -1.80. The van der Waals surface area contributed by atoms with Gasteiger partial charge in [0, 0.05) is 44.6 Å². The topological polar surface area (TPSA) is 74.5 Å². The van der Waals surface area contributed by atoms with E-state index in [1.165, 1.54) is 12.1 Å². The van der Waals surface area contributed by atoms with Crippen LogP contribution < -0.4 is 20.9 Å². The van der Waals surface area contributed by atoms with E-state index in [0.717, 1.165) is 43.2 Å². The number of piperazine rings is 1. The third-order valence-electron chi connectivity index (χ3n) is 4.49. The molecule has 2 aromatic rings. The summed E-state index contributed by atoms with van der Waals surface area (Å²) in [4.78, 5) is 20.5. The lowest BCUT2D eigenvalue weighted by atomic mass is 10.2. The lowest BCUT2D eigenvalue weighted by Gasteiger charge is -2.36. The number of hydrogen-bond donors (Lipinski definition) is 2. The van der Waals surface area contributed by atoms with E-state index in [1.807, 2.05) is 24.3 Å². The van der Waals surface area contributed by atoms with Crippen molar-refractivity contribution in [1.82, 2.24) is 10.3 Å². The van der Waals surface area contributed by atoms with Crippen LogP contribution in [0.25, 0.3) is 0 Å². The zero-order valence-electron chi connectivity index (χ0n) is 16.1. The molecule has 1 amide bonds. The molecule has 0 radical (unpaired) electrons. The lowest BCUT2D eigenvalue weighted by molar-refractivity contribution is -0.122. The number of halogens is 4. The van der Waals surface area contributed by atoms with Gasteiger partial charge in [-0.3, -0.25) is 4.79 Å². The number of nitrogens with zero attached hydrogens (tertiary/aromatic N) is 3. The van der Waals surface area contributed by atoms with E-state index in [9.17, 15) is 9.18 Å². The zero-order valence-corrected chi connectivity index (χ0v) is 18.5. The highest BCUT2D eigenvalue weighted by Crippen LogP contribution is 2.20. The van der Waals surface area contributed by atoms with Gasteiger partial charge in [-0.15, -0.1) is 37.2 Å². The predicted molar refractivity (Wildman–Crippen MR) is 122 cm³/mol. The number of benzene rings is 1. The molecular formula is C19H27Cl3FN5O. The Balaban J connectivity index is 0.00000261. The van der Waals surface area contributed by atoms with Gasteiger partial charge in [0.25, 0.3) is 0 Å². The molecule has 6 nitrogen and oxygen atoms in total. The van der Waals surface area contributed by atoms with Crippen LogP contribution in [0.1, 0.15) is 12.5 Å². The molecule has 29 heavy (non-hydrogen) atoms. The van der Waals surface area contributed by atoms with E-state index in [0.29, 0.717) is 6.54 Å². The van der Waals surface area contributed by atoms with Gasteiger partial charge in [0.05, 0.1) is 6.04 Å². The van der Waals surface area contributed by atoms with Gasteiger partial charge in [0.1, 0.15) is 11.6 Å². The fourth-order valence-electron chi connectivity index (χ4n) is 2.94. The number of pyridine rings is 1. The Morgan fingerprint density at radius 3 is 2.28 bits per heavy atom. The standard InChI is InChI=1S/C19H24FN5O.3ClH/c1-14(21)19(26)23-13-15-6-7-22-18(12-15)25-10-8-24(9-11-25)17-4-2-16(20)3-5-17;;;/h2-7,12,14H,8-11,13,21H2,1H3,(H,23,26);3*1H/t14-;;;/m1.../s1. The Morgan fingerprint density at radius 1 is 1.10 bits per heavy atom. The first-order valence-corrected chi connectivity index (χ1v) is 8.76. The number of amides is 1. The molecular weight excluding hydrogens is 440 g/mol. The van der Waals surface area contributed by atoms with Crippen LogP contribution in [-0.4, -0.2) is 43.1 Å². The van der Waals surface area contributed by atoms with Crippen molar-refractivity contribution in [3.05, 3.63) is 54.0 Å². The number of carbonyl (C=O) groups is 1. The molecule has 2 heterocycles. The predicted octanol–water partition coefficient (Wildman–Crippen LogP) is 2.78. The summed E-state index contributed by atoms with van der Waals surface area (Å²) in [6.07, 6.45) is 1.76. The third kappa shape index (κ3) is 7.51. The van der Waals surface area contributed by atoms with Crippen LogP contribution in [0.15, 0.2) is 42.6 Å². The highest BCUT2D eigenvalue weighted by molar-refractivity contribution is 5.86. The average molecular weight is 467 g/mol. The Labute approximate surface area is 189 Å². The molecule has 1 atom stereocenters. The summed E-state index contributed by atoms with van der Waals surface area (Å²) in [6, 6.07) is 9.97. The molecule has 1 saturated heterocycles. The number of anilines is 2. The summed E-state index contributed by atoms with van der Waals surface area (Å²) in [5.41, 5.74) is 7.58. The summed E-state index contributed by atoms with van der Waals surface area (Å²) in [7, 11) is 0. The molecule has 0 unspecified atom stereocenters. The molecule has 3 N–H and O–H groups in total. The lowest BCUT2D eigenvalue weighted by Crippen LogP contribution is -2.46. The van der Waals surface area contributed by atoms with Crippen molar-refractivity contribution >= 4 is 54.6 Å². The second-order valence-corrected chi connectivity index (χ2v) is 6.48. The molecule has 0 bridgehead atoms. The highest BCUT2D eigenvalue weighted by atomic mass is 35.5. The van der Waals surface area contributed by atoms with Gasteiger partial charge < -0.3 is 20.9 Å². The maximum absolute atomic E-state index is 13.1.